The van der Waals surface area contributed by atoms with Crippen molar-refractivity contribution in [2.24, 2.45) is 17.8 Å². The van der Waals surface area contributed by atoms with Crippen LogP contribution in [-0.4, -0.2) is 29.7 Å². The highest BCUT2D eigenvalue weighted by Crippen LogP contribution is 2.38. The molecular formula is C14H22F3NO3. The molecular weight excluding hydrogens is 287 g/mol. The zero-order valence-corrected chi connectivity index (χ0v) is 12.1. The Morgan fingerprint density at radius 3 is 2.33 bits per heavy atom. The molecule has 0 aromatic carbocycles. The van der Waals surface area contributed by atoms with Crippen LogP contribution in [0.15, 0.2) is 0 Å². The van der Waals surface area contributed by atoms with Crippen LogP contribution in [0.5, 0.6) is 0 Å². The summed E-state index contributed by atoms with van der Waals surface area (Å²) in [6.07, 6.45) is -2.94. The lowest BCUT2D eigenvalue weighted by Crippen LogP contribution is -2.35. The molecule has 1 rings (SSSR count). The van der Waals surface area contributed by atoms with E-state index in [2.05, 4.69) is 5.32 Å². The van der Waals surface area contributed by atoms with Crippen LogP contribution in [0.1, 0.15) is 45.4 Å². The zero-order valence-electron chi connectivity index (χ0n) is 12.1. The van der Waals surface area contributed by atoms with Gasteiger partial charge in [0, 0.05) is 13.0 Å². The summed E-state index contributed by atoms with van der Waals surface area (Å²) in [6.45, 7) is 2.12. The van der Waals surface area contributed by atoms with E-state index >= 15 is 0 Å². The zero-order chi connectivity index (χ0) is 16.0. The molecule has 0 bridgehead atoms. The van der Waals surface area contributed by atoms with Gasteiger partial charge in [-0.15, -0.1) is 0 Å². The number of aliphatic carboxylic acids is 1. The van der Waals surface area contributed by atoms with Crippen molar-refractivity contribution in [3.05, 3.63) is 0 Å². The van der Waals surface area contributed by atoms with Gasteiger partial charge in [0.15, 0.2) is 0 Å². The molecule has 0 aromatic rings. The number of halogens is 3. The summed E-state index contributed by atoms with van der Waals surface area (Å²) in [5, 5.41) is 11.7. The first-order valence-corrected chi connectivity index (χ1v) is 7.31. The van der Waals surface area contributed by atoms with Crippen molar-refractivity contribution in [1.82, 2.24) is 5.32 Å². The van der Waals surface area contributed by atoms with Gasteiger partial charge in [-0.1, -0.05) is 13.3 Å². The number of nitrogens with one attached hydrogen (secondary N) is 1. The van der Waals surface area contributed by atoms with Crippen LogP contribution >= 0.6 is 0 Å². The largest absolute Gasteiger partial charge is 0.481 e. The summed E-state index contributed by atoms with van der Waals surface area (Å²) in [5.74, 6) is -2.32. The highest BCUT2D eigenvalue weighted by Gasteiger charge is 2.41. The minimum absolute atomic E-state index is 0.0333. The summed E-state index contributed by atoms with van der Waals surface area (Å²) in [4.78, 5) is 23.1. The first-order valence-electron chi connectivity index (χ1n) is 7.31. The van der Waals surface area contributed by atoms with Gasteiger partial charge in [-0.3, -0.25) is 9.59 Å². The van der Waals surface area contributed by atoms with E-state index in [4.69, 9.17) is 5.11 Å². The van der Waals surface area contributed by atoms with Gasteiger partial charge in [-0.25, -0.2) is 0 Å². The Labute approximate surface area is 122 Å². The number of amides is 1. The molecule has 7 heteroatoms. The number of carbonyl (C=O) groups is 2. The van der Waals surface area contributed by atoms with E-state index in [0.717, 1.165) is 6.42 Å². The van der Waals surface area contributed by atoms with Crippen molar-refractivity contribution >= 4 is 11.9 Å². The van der Waals surface area contributed by atoms with Gasteiger partial charge in [-0.05, 0) is 31.6 Å². The van der Waals surface area contributed by atoms with E-state index in [1.54, 1.807) is 0 Å². The lowest BCUT2D eigenvalue weighted by Gasteiger charge is -2.15. The molecule has 2 N–H and O–H groups in total. The average Bonchev–Trinajstić information content (AvgIpc) is 2.81. The van der Waals surface area contributed by atoms with Gasteiger partial charge in [-0.2, -0.15) is 13.2 Å². The molecule has 3 unspecified atom stereocenters. The molecule has 4 nitrogen and oxygen atoms in total. The second-order valence-electron chi connectivity index (χ2n) is 5.66. The Balaban J connectivity index is 2.35. The van der Waals surface area contributed by atoms with Crippen LogP contribution in [0.4, 0.5) is 13.2 Å². The van der Waals surface area contributed by atoms with E-state index in [-0.39, 0.29) is 31.2 Å². The summed E-state index contributed by atoms with van der Waals surface area (Å²) >= 11 is 0. The lowest BCUT2D eigenvalue weighted by atomic mass is 9.95. The Morgan fingerprint density at radius 1 is 1.19 bits per heavy atom. The third kappa shape index (κ3) is 5.93. The predicted octanol–water partition coefficient (Wildman–Crippen LogP) is 2.97. The van der Waals surface area contributed by atoms with Crippen LogP contribution in [0, 0.1) is 17.8 Å². The molecule has 21 heavy (non-hydrogen) atoms. The van der Waals surface area contributed by atoms with Crippen LogP contribution in [0.3, 0.4) is 0 Å². The fraction of sp³-hybridized carbons (Fsp3) is 0.857. The third-order valence-electron chi connectivity index (χ3n) is 4.08. The van der Waals surface area contributed by atoms with E-state index in [0.29, 0.717) is 12.8 Å². The van der Waals surface area contributed by atoms with Gasteiger partial charge in [0.2, 0.25) is 5.91 Å². The van der Waals surface area contributed by atoms with Gasteiger partial charge in [0.1, 0.15) is 0 Å². The Bertz CT molecular complexity index is 371. The number of carbonyl (C=O) groups excluding carboxylic acids is 1. The van der Waals surface area contributed by atoms with Crippen molar-refractivity contribution in [3.63, 3.8) is 0 Å². The minimum Gasteiger partial charge on any atom is -0.481 e. The van der Waals surface area contributed by atoms with E-state index in [9.17, 15) is 22.8 Å². The number of carboxylic acids is 1. The summed E-state index contributed by atoms with van der Waals surface area (Å²) in [5.41, 5.74) is 0. The number of hydrogen-bond donors (Lipinski definition) is 2. The molecule has 0 aromatic heterocycles. The number of hydrogen-bond acceptors (Lipinski definition) is 2. The maximum Gasteiger partial charge on any atom is 0.389 e. The number of carboxylic acid groups (broad SMARTS) is 1. The third-order valence-corrected chi connectivity index (χ3v) is 4.08. The van der Waals surface area contributed by atoms with E-state index < -0.39 is 30.4 Å². The first-order chi connectivity index (χ1) is 9.74. The molecule has 1 saturated carbocycles. The van der Waals surface area contributed by atoms with Crippen molar-refractivity contribution in [2.75, 3.05) is 6.54 Å². The van der Waals surface area contributed by atoms with E-state index in [1.165, 1.54) is 0 Å². The molecule has 3 atom stereocenters. The molecule has 0 saturated heterocycles. The highest BCUT2D eigenvalue weighted by molar-refractivity contribution is 5.85. The Hall–Kier alpha value is -1.27. The van der Waals surface area contributed by atoms with Crippen molar-refractivity contribution in [2.45, 2.75) is 51.6 Å². The molecule has 1 fully saturated rings. The molecule has 122 valence electrons. The number of alkyl halides is 3. The summed E-state index contributed by atoms with van der Waals surface area (Å²) in [6, 6.07) is 0. The maximum absolute atomic E-state index is 12.0. The van der Waals surface area contributed by atoms with Crippen LogP contribution in [0.25, 0.3) is 0 Å². The molecule has 1 aliphatic rings. The first kappa shape index (κ1) is 17.8. The molecule has 0 heterocycles. The number of rotatable bonds is 7. The molecule has 0 aliphatic heterocycles. The molecule has 1 aliphatic carbocycles. The van der Waals surface area contributed by atoms with Crippen LogP contribution in [0.2, 0.25) is 0 Å². The Morgan fingerprint density at radius 2 is 1.81 bits per heavy atom. The fourth-order valence-corrected chi connectivity index (χ4v) is 2.83. The second kappa shape index (κ2) is 7.66. The van der Waals surface area contributed by atoms with Crippen LogP contribution in [-0.2, 0) is 9.59 Å². The van der Waals surface area contributed by atoms with Gasteiger partial charge < -0.3 is 10.4 Å². The topological polar surface area (TPSA) is 66.4 Å². The van der Waals surface area contributed by atoms with Crippen LogP contribution < -0.4 is 5.32 Å². The average molecular weight is 309 g/mol. The minimum atomic E-state index is -4.17. The van der Waals surface area contributed by atoms with Crippen molar-refractivity contribution in [3.8, 4) is 0 Å². The van der Waals surface area contributed by atoms with Crippen molar-refractivity contribution < 1.29 is 27.9 Å². The van der Waals surface area contributed by atoms with Gasteiger partial charge >= 0.3 is 12.1 Å². The quantitative estimate of drug-likeness (QED) is 0.711. The van der Waals surface area contributed by atoms with E-state index in [1.807, 2.05) is 6.92 Å². The normalized spacial score (nSPS) is 25.8. The smallest absolute Gasteiger partial charge is 0.389 e. The Kier molecular flexibility index (Phi) is 6.48. The molecule has 0 radical (unpaired) electrons. The SMILES string of the molecule is CCC1CC(C(=O)O)C(C(=O)NCCCCC(F)(F)F)C1. The number of unbranched alkanes of at least 4 members (excludes halogenated alkanes) is 1. The fourth-order valence-electron chi connectivity index (χ4n) is 2.83. The standard InChI is InChI=1S/C14H22F3NO3/c1-2-9-7-10(11(8-9)13(20)21)12(19)18-6-4-3-5-14(15,16)17/h9-11H,2-8H2,1H3,(H,18,19)(H,20,21). The van der Waals surface area contributed by atoms with Gasteiger partial charge in [0.25, 0.3) is 0 Å². The predicted molar refractivity (Wildman–Crippen MR) is 70.5 cm³/mol. The molecule has 0 spiro atoms. The highest BCUT2D eigenvalue weighted by atomic mass is 19.4. The monoisotopic (exact) mass is 309 g/mol. The maximum atomic E-state index is 12.0. The second-order valence-corrected chi connectivity index (χ2v) is 5.66. The van der Waals surface area contributed by atoms with Crippen molar-refractivity contribution in [1.29, 1.82) is 0 Å². The summed E-state index contributed by atoms with van der Waals surface area (Å²) < 4.78 is 35.9. The van der Waals surface area contributed by atoms with Gasteiger partial charge in [0.05, 0.1) is 11.8 Å². The summed E-state index contributed by atoms with van der Waals surface area (Å²) in [7, 11) is 0. The lowest BCUT2D eigenvalue weighted by molar-refractivity contribution is -0.146. The molecule has 1 amide bonds.